The predicted octanol–water partition coefficient (Wildman–Crippen LogP) is 1.70. The fraction of sp³-hybridized carbons (Fsp3) is 0.500. The molecule has 114 valence electrons. The van der Waals surface area contributed by atoms with Crippen molar-refractivity contribution in [2.75, 3.05) is 11.9 Å². The van der Waals surface area contributed by atoms with Crippen molar-refractivity contribution in [1.29, 1.82) is 0 Å². The first-order chi connectivity index (χ1) is 9.90. The normalized spacial score (nSPS) is 20.6. The van der Waals surface area contributed by atoms with Crippen molar-refractivity contribution in [2.24, 2.45) is 5.73 Å². The maximum absolute atomic E-state index is 12.9. The number of nitrogens with one attached hydrogen (secondary N) is 1. The number of hydrogen-bond donors (Lipinski definition) is 2. The molecule has 1 aromatic carbocycles. The van der Waals surface area contributed by atoms with Crippen molar-refractivity contribution in [1.82, 2.24) is 4.90 Å². The number of para-hydroxylation sites is 1. The Balaban J connectivity index is 2.31. The number of fused-ring (bicyclic) bond motifs is 1. The highest BCUT2D eigenvalue weighted by molar-refractivity contribution is 5.90. The topological polar surface area (TPSA) is 75.4 Å². The summed E-state index contributed by atoms with van der Waals surface area (Å²) in [4.78, 5) is 25.7. The molecule has 1 heterocycles. The van der Waals surface area contributed by atoms with E-state index in [-0.39, 0.29) is 30.5 Å². The van der Waals surface area contributed by atoms with Crippen molar-refractivity contribution >= 4 is 17.5 Å². The van der Waals surface area contributed by atoms with Gasteiger partial charge in [-0.15, -0.1) is 0 Å². The van der Waals surface area contributed by atoms with E-state index in [1.165, 1.54) is 0 Å². The first-order valence-electron chi connectivity index (χ1n) is 7.34. The van der Waals surface area contributed by atoms with Crippen LogP contribution in [0.2, 0.25) is 0 Å². The van der Waals surface area contributed by atoms with E-state index in [1.54, 1.807) is 4.90 Å². The number of rotatable bonds is 4. The number of anilines is 1. The molecule has 0 radical (unpaired) electrons. The van der Waals surface area contributed by atoms with Crippen molar-refractivity contribution in [2.45, 2.75) is 45.2 Å². The summed E-state index contributed by atoms with van der Waals surface area (Å²) in [6.07, 6.45) is 0.720. The molecule has 5 heteroatoms. The molecule has 21 heavy (non-hydrogen) atoms. The van der Waals surface area contributed by atoms with Crippen molar-refractivity contribution in [3.8, 4) is 0 Å². The Morgan fingerprint density at radius 2 is 2.05 bits per heavy atom. The average Bonchev–Trinajstić information content (AvgIpc) is 2.42. The van der Waals surface area contributed by atoms with Crippen molar-refractivity contribution in [3.05, 3.63) is 29.8 Å². The van der Waals surface area contributed by atoms with E-state index in [9.17, 15) is 9.59 Å². The second-order valence-electron chi connectivity index (χ2n) is 5.95. The lowest BCUT2D eigenvalue weighted by atomic mass is 9.86. The molecule has 2 amide bonds. The minimum absolute atomic E-state index is 0.0235. The fourth-order valence-corrected chi connectivity index (χ4v) is 2.85. The summed E-state index contributed by atoms with van der Waals surface area (Å²) in [7, 11) is 0. The Morgan fingerprint density at radius 1 is 1.38 bits per heavy atom. The predicted molar refractivity (Wildman–Crippen MR) is 82.9 cm³/mol. The average molecular weight is 289 g/mol. The van der Waals surface area contributed by atoms with Crippen LogP contribution in [-0.4, -0.2) is 35.3 Å². The second kappa shape index (κ2) is 6.16. The highest BCUT2D eigenvalue weighted by atomic mass is 16.2. The molecular formula is C16H23N3O2. The Bertz CT molecular complexity index is 542. The van der Waals surface area contributed by atoms with Gasteiger partial charge in [-0.05, 0) is 38.8 Å². The minimum atomic E-state index is -0.479. The lowest BCUT2D eigenvalue weighted by molar-refractivity contribution is -0.138. The summed E-state index contributed by atoms with van der Waals surface area (Å²) in [6, 6.07) is 8.01. The van der Waals surface area contributed by atoms with Gasteiger partial charge in [-0.25, -0.2) is 0 Å². The van der Waals surface area contributed by atoms with Crippen molar-refractivity contribution in [3.63, 3.8) is 0 Å². The molecule has 0 spiro atoms. The van der Waals surface area contributed by atoms with Crippen LogP contribution in [0.3, 0.4) is 0 Å². The second-order valence-corrected chi connectivity index (χ2v) is 5.95. The van der Waals surface area contributed by atoms with E-state index in [4.69, 9.17) is 5.73 Å². The van der Waals surface area contributed by atoms with Crippen LogP contribution in [-0.2, 0) is 9.59 Å². The molecule has 5 nitrogen and oxygen atoms in total. The fourth-order valence-electron chi connectivity index (χ4n) is 2.85. The van der Waals surface area contributed by atoms with Crippen LogP contribution in [0.25, 0.3) is 0 Å². The number of benzene rings is 1. The van der Waals surface area contributed by atoms with Crippen LogP contribution in [0.5, 0.6) is 0 Å². The molecule has 0 saturated heterocycles. The summed E-state index contributed by atoms with van der Waals surface area (Å²) in [5.74, 6) is -0.726. The smallest absolute Gasteiger partial charge is 0.237 e. The summed E-state index contributed by atoms with van der Waals surface area (Å²) in [5.41, 5.74) is 7.27. The van der Waals surface area contributed by atoms with Gasteiger partial charge < -0.3 is 16.0 Å². The van der Waals surface area contributed by atoms with Crippen LogP contribution in [0.15, 0.2) is 24.3 Å². The molecule has 2 rings (SSSR count). The first kappa shape index (κ1) is 15.4. The van der Waals surface area contributed by atoms with Crippen LogP contribution in [0.4, 0.5) is 5.69 Å². The lowest BCUT2D eigenvalue weighted by Gasteiger charge is -2.35. The highest BCUT2D eigenvalue weighted by Crippen LogP contribution is 2.35. The molecule has 0 saturated carbocycles. The standard InChI is InChI=1S/C16H23N3O2/c1-10(2)19(9-15(17)20)16(21)13-8-11(3)18-14-7-5-4-6-12(13)14/h4-7,10-11,13,18H,8-9H2,1-3H3,(H2,17,20). The minimum Gasteiger partial charge on any atom is -0.382 e. The van der Waals surface area contributed by atoms with Crippen LogP contribution < -0.4 is 11.1 Å². The van der Waals surface area contributed by atoms with Gasteiger partial charge in [0.15, 0.2) is 0 Å². The third kappa shape index (κ3) is 3.35. The monoisotopic (exact) mass is 289 g/mol. The lowest BCUT2D eigenvalue weighted by Crippen LogP contribution is -2.46. The number of hydrogen-bond acceptors (Lipinski definition) is 3. The van der Waals surface area contributed by atoms with Gasteiger partial charge in [-0.2, -0.15) is 0 Å². The Labute approximate surface area is 125 Å². The zero-order valence-electron chi connectivity index (χ0n) is 12.8. The van der Waals surface area contributed by atoms with Gasteiger partial charge in [0.05, 0.1) is 12.5 Å². The number of carbonyl (C=O) groups excluding carboxylic acids is 2. The van der Waals surface area contributed by atoms with Crippen LogP contribution in [0, 0.1) is 0 Å². The molecule has 0 aliphatic carbocycles. The maximum Gasteiger partial charge on any atom is 0.237 e. The van der Waals surface area contributed by atoms with Crippen LogP contribution in [0.1, 0.15) is 38.7 Å². The quantitative estimate of drug-likeness (QED) is 0.885. The number of carbonyl (C=O) groups is 2. The molecule has 1 aliphatic rings. The number of nitrogens with two attached hydrogens (primary N) is 1. The van der Waals surface area contributed by atoms with Gasteiger partial charge in [-0.1, -0.05) is 18.2 Å². The third-order valence-corrected chi connectivity index (χ3v) is 3.86. The van der Waals surface area contributed by atoms with Gasteiger partial charge in [0.25, 0.3) is 0 Å². The molecule has 0 fully saturated rings. The van der Waals surface area contributed by atoms with E-state index in [1.807, 2.05) is 38.1 Å². The number of primary amides is 1. The largest absolute Gasteiger partial charge is 0.382 e. The summed E-state index contributed by atoms with van der Waals surface area (Å²) < 4.78 is 0. The van der Waals surface area contributed by atoms with Crippen LogP contribution >= 0.6 is 0 Å². The zero-order chi connectivity index (χ0) is 15.6. The molecule has 2 unspecified atom stereocenters. The van der Waals surface area contributed by atoms with E-state index in [2.05, 4.69) is 12.2 Å². The summed E-state index contributed by atoms with van der Waals surface area (Å²) in [5, 5.41) is 3.39. The first-order valence-corrected chi connectivity index (χ1v) is 7.34. The Morgan fingerprint density at radius 3 is 2.67 bits per heavy atom. The molecule has 0 aromatic heterocycles. The van der Waals surface area contributed by atoms with E-state index in [0.717, 1.165) is 17.7 Å². The molecular weight excluding hydrogens is 266 g/mol. The third-order valence-electron chi connectivity index (χ3n) is 3.86. The van der Waals surface area contributed by atoms with Gasteiger partial charge in [0.2, 0.25) is 11.8 Å². The molecule has 2 atom stereocenters. The number of amides is 2. The van der Waals surface area contributed by atoms with Gasteiger partial charge in [0, 0.05) is 17.8 Å². The SMILES string of the molecule is CC1CC(C(=O)N(CC(N)=O)C(C)C)c2ccccc2N1. The highest BCUT2D eigenvalue weighted by Gasteiger charge is 2.33. The van der Waals surface area contributed by atoms with Gasteiger partial charge in [-0.3, -0.25) is 9.59 Å². The summed E-state index contributed by atoms with van der Waals surface area (Å²) >= 11 is 0. The molecule has 0 bridgehead atoms. The van der Waals surface area contributed by atoms with E-state index < -0.39 is 5.91 Å². The molecule has 3 N–H and O–H groups in total. The zero-order valence-corrected chi connectivity index (χ0v) is 12.8. The Hall–Kier alpha value is -2.04. The molecule has 1 aromatic rings. The summed E-state index contributed by atoms with van der Waals surface area (Å²) in [6.45, 7) is 5.83. The molecule has 1 aliphatic heterocycles. The van der Waals surface area contributed by atoms with Gasteiger partial charge in [0.1, 0.15) is 0 Å². The van der Waals surface area contributed by atoms with E-state index in [0.29, 0.717) is 0 Å². The van der Waals surface area contributed by atoms with Gasteiger partial charge >= 0.3 is 0 Å². The number of nitrogens with zero attached hydrogens (tertiary/aromatic N) is 1. The maximum atomic E-state index is 12.9. The van der Waals surface area contributed by atoms with E-state index >= 15 is 0 Å². The van der Waals surface area contributed by atoms with Crippen molar-refractivity contribution < 1.29 is 9.59 Å². The Kier molecular flexibility index (Phi) is 4.50.